The topological polar surface area (TPSA) is 92.5 Å². The van der Waals surface area contributed by atoms with Crippen LogP contribution in [-0.4, -0.2) is 37.0 Å². The molecule has 2 heterocycles. The van der Waals surface area contributed by atoms with Gasteiger partial charge >= 0.3 is 0 Å². The van der Waals surface area contributed by atoms with Gasteiger partial charge in [-0.15, -0.1) is 10.2 Å². The Kier molecular flexibility index (Phi) is 4.76. The highest BCUT2D eigenvalue weighted by molar-refractivity contribution is 8.14. The summed E-state index contributed by atoms with van der Waals surface area (Å²) < 4.78 is 1.62. The number of amidine groups is 1. The molecule has 1 aliphatic rings. The Labute approximate surface area is 159 Å². The molecule has 1 atom stereocenters. The lowest BCUT2D eigenvalue weighted by Gasteiger charge is -2.29. The van der Waals surface area contributed by atoms with Crippen molar-refractivity contribution in [1.29, 1.82) is 0 Å². The van der Waals surface area contributed by atoms with Gasteiger partial charge in [0.05, 0.1) is 16.4 Å². The molecule has 0 saturated heterocycles. The van der Waals surface area contributed by atoms with Crippen molar-refractivity contribution in [3.63, 3.8) is 0 Å². The summed E-state index contributed by atoms with van der Waals surface area (Å²) in [4.78, 5) is 22.5. The second-order valence-corrected chi connectivity index (χ2v) is 7.68. The van der Waals surface area contributed by atoms with E-state index in [-0.39, 0.29) is 11.8 Å². The van der Waals surface area contributed by atoms with Crippen molar-refractivity contribution >= 4 is 40.3 Å². The van der Waals surface area contributed by atoms with E-state index < -0.39 is 4.87 Å². The van der Waals surface area contributed by atoms with Crippen LogP contribution in [0, 0.1) is 6.92 Å². The zero-order valence-electron chi connectivity index (χ0n) is 14.6. The van der Waals surface area contributed by atoms with E-state index in [4.69, 9.17) is 11.6 Å². The molecule has 2 amide bonds. The second-order valence-electron chi connectivity index (χ2n) is 5.89. The van der Waals surface area contributed by atoms with Gasteiger partial charge in [0.2, 0.25) is 11.8 Å². The van der Waals surface area contributed by atoms with Gasteiger partial charge in [-0.05, 0) is 37.7 Å². The molecule has 2 aromatic rings. The van der Waals surface area contributed by atoms with E-state index in [1.165, 1.54) is 30.6 Å². The number of hydrogen-bond acceptors (Lipinski definition) is 6. The maximum Gasteiger partial charge on any atom is 0.241 e. The van der Waals surface area contributed by atoms with Gasteiger partial charge in [0.15, 0.2) is 10.0 Å². The smallest absolute Gasteiger partial charge is 0.241 e. The van der Waals surface area contributed by atoms with Gasteiger partial charge < -0.3 is 5.32 Å². The number of benzene rings is 1. The fourth-order valence-electron chi connectivity index (χ4n) is 2.77. The number of hydrogen-bond donors (Lipinski definition) is 1. The summed E-state index contributed by atoms with van der Waals surface area (Å²) in [6, 6.07) is 7.29. The van der Waals surface area contributed by atoms with Crippen LogP contribution in [0.3, 0.4) is 0 Å². The van der Waals surface area contributed by atoms with E-state index in [0.717, 1.165) is 5.69 Å². The molecule has 136 valence electrons. The lowest BCUT2D eigenvalue weighted by atomic mass is 10.1. The van der Waals surface area contributed by atoms with Crippen LogP contribution in [0.15, 0.2) is 29.4 Å². The molecule has 1 aromatic heterocycles. The first-order valence-corrected chi connectivity index (χ1v) is 8.97. The molecule has 26 heavy (non-hydrogen) atoms. The summed E-state index contributed by atoms with van der Waals surface area (Å²) in [6.07, 6.45) is 0. The SMILES string of the molecule is CC(=O)NC1=NN(C(C)=O)C(C)(c2nnn(-c3ccccc3Cl)c2C)S1. The summed E-state index contributed by atoms with van der Waals surface area (Å²) in [7, 11) is 0. The number of nitrogens with zero attached hydrogens (tertiary/aromatic N) is 5. The third-order valence-electron chi connectivity index (χ3n) is 3.89. The highest BCUT2D eigenvalue weighted by Gasteiger charge is 2.47. The van der Waals surface area contributed by atoms with Crippen molar-refractivity contribution in [3.05, 3.63) is 40.7 Å². The standard InChI is InChI=1S/C16H17ClN6O2S/c1-9-14(19-21-22(9)13-8-6-5-7-12(13)17)16(4)23(11(3)25)20-15(26-16)18-10(2)24/h5-8H,1-4H3,(H,18,20,24). The van der Waals surface area contributed by atoms with Crippen LogP contribution in [-0.2, 0) is 14.5 Å². The molecular weight excluding hydrogens is 376 g/mol. The zero-order chi connectivity index (χ0) is 19.1. The third kappa shape index (κ3) is 3.08. The van der Waals surface area contributed by atoms with Crippen LogP contribution in [0.1, 0.15) is 32.2 Å². The molecular formula is C16H17ClN6O2S. The maximum atomic E-state index is 12.1. The molecule has 1 aliphatic heterocycles. The van der Waals surface area contributed by atoms with E-state index in [1.54, 1.807) is 10.7 Å². The van der Waals surface area contributed by atoms with Gasteiger partial charge in [0.1, 0.15) is 5.69 Å². The maximum absolute atomic E-state index is 12.1. The number of amides is 2. The van der Waals surface area contributed by atoms with Crippen LogP contribution < -0.4 is 5.32 Å². The van der Waals surface area contributed by atoms with Gasteiger partial charge in [-0.1, -0.05) is 28.9 Å². The van der Waals surface area contributed by atoms with Gasteiger partial charge in [-0.3, -0.25) is 9.59 Å². The molecule has 10 heteroatoms. The number of nitrogens with one attached hydrogen (secondary N) is 1. The largest absolute Gasteiger partial charge is 0.304 e. The lowest BCUT2D eigenvalue weighted by Crippen LogP contribution is -2.38. The minimum atomic E-state index is -0.937. The van der Waals surface area contributed by atoms with E-state index >= 15 is 0 Å². The van der Waals surface area contributed by atoms with Crippen molar-refractivity contribution < 1.29 is 9.59 Å². The molecule has 0 bridgehead atoms. The lowest BCUT2D eigenvalue weighted by molar-refractivity contribution is -0.132. The van der Waals surface area contributed by atoms with Crippen LogP contribution >= 0.6 is 23.4 Å². The van der Waals surface area contributed by atoms with Crippen LogP contribution in [0.4, 0.5) is 0 Å². The van der Waals surface area contributed by atoms with E-state index in [1.807, 2.05) is 32.0 Å². The van der Waals surface area contributed by atoms with Gasteiger partial charge in [-0.2, -0.15) is 0 Å². The summed E-state index contributed by atoms with van der Waals surface area (Å²) in [5.74, 6) is -0.535. The first kappa shape index (κ1) is 18.4. The minimum absolute atomic E-state index is 0.263. The highest BCUT2D eigenvalue weighted by Crippen LogP contribution is 2.45. The summed E-state index contributed by atoms with van der Waals surface area (Å²) in [5.41, 5.74) is 1.97. The number of rotatable bonds is 2. The Morgan fingerprint density at radius 3 is 2.58 bits per heavy atom. The van der Waals surface area contributed by atoms with E-state index in [9.17, 15) is 9.59 Å². The number of para-hydroxylation sites is 1. The van der Waals surface area contributed by atoms with Crippen LogP contribution in [0.25, 0.3) is 5.69 Å². The molecule has 1 unspecified atom stereocenters. The fraction of sp³-hybridized carbons (Fsp3) is 0.312. The third-order valence-corrected chi connectivity index (χ3v) is 5.35. The molecule has 0 saturated carbocycles. The Bertz CT molecular complexity index is 927. The number of carbonyl (C=O) groups excluding carboxylic acids is 2. The van der Waals surface area contributed by atoms with Crippen LogP contribution in [0.5, 0.6) is 0 Å². The Balaban J connectivity index is 2.05. The van der Waals surface area contributed by atoms with Gasteiger partial charge in [-0.25, -0.2) is 9.69 Å². The average Bonchev–Trinajstić information content (AvgIpc) is 3.09. The summed E-state index contributed by atoms with van der Waals surface area (Å²) in [5, 5.41) is 17.5. The molecule has 3 rings (SSSR count). The predicted octanol–water partition coefficient (Wildman–Crippen LogP) is 2.40. The summed E-state index contributed by atoms with van der Waals surface area (Å²) >= 11 is 7.50. The Hall–Kier alpha value is -2.39. The van der Waals surface area contributed by atoms with Crippen molar-refractivity contribution in [2.24, 2.45) is 5.10 Å². The monoisotopic (exact) mass is 392 g/mol. The Morgan fingerprint density at radius 1 is 1.27 bits per heavy atom. The molecule has 0 aliphatic carbocycles. The van der Waals surface area contributed by atoms with E-state index in [0.29, 0.717) is 21.6 Å². The number of aromatic nitrogens is 3. The molecule has 1 N–H and O–H groups in total. The van der Waals surface area contributed by atoms with Crippen LogP contribution in [0.2, 0.25) is 5.02 Å². The number of halogens is 1. The Morgan fingerprint density at radius 2 is 1.96 bits per heavy atom. The van der Waals surface area contributed by atoms with Crippen molar-refractivity contribution in [3.8, 4) is 5.69 Å². The van der Waals surface area contributed by atoms with Gasteiger partial charge in [0.25, 0.3) is 0 Å². The zero-order valence-corrected chi connectivity index (χ0v) is 16.2. The quantitative estimate of drug-likeness (QED) is 0.847. The summed E-state index contributed by atoms with van der Waals surface area (Å²) in [6.45, 7) is 6.45. The highest BCUT2D eigenvalue weighted by atomic mass is 35.5. The number of carbonyl (C=O) groups is 2. The normalized spacial score (nSPS) is 19.4. The number of thioether (sulfide) groups is 1. The molecule has 8 nitrogen and oxygen atoms in total. The van der Waals surface area contributed by atoms with Crippen molar-refractivity contribution in [1.82, 2.24) is 25.3 Å². The van der Waals surface area contributed by atoms with Gasteiger partial charge in [0, 0.05) is 13.8 Å². The van der Waals surface area contributed by atoms with Crippen molar-refractivity contribution in [2.45, 2.75) is 32.6 Å². The first-order chi connectivity index (χ1) is 12.2. The molecule has 1 aromatic carbocycles. The molecule has 0 radical (unpaired) electrons. The van der Waals surface area contributed by atoms with Crippen molar-refractivity contribution in [2.75, 3.05) is 0 Å². The second kappa shape index (κ2) is 6.73. The minimum Gasteiger partial charge on any atom is -0.304 e. The first-order valence-electron chi connectivity index (χ1n) is 7.77. The number of hydrazone groups is 1. The van der Waals surface area contributed by atoms with E-state index in [2.05, 4.69) is 20.7 Å². The average molecular weight is 393 g/mol. The fourth-order valence-corrected chi connectivity index (χ4v) is 4.22. The molecule has 0 spiro atoms. The molecule has 0 fully saturated rings. The predicted molar refractivity (Wildman–Crippen MR) is 99.8 cm³/mol.